The van der Waals surface area contributed by atoms with Crippen LogP contribution in [0.1, 0.15) is 27.9 Å². The average molecular weight is 595 g/mol. The first-order chi connectivity index (χ1) is 20.7. The highest BCUT2D eigenvalue weighted by Crippen LogP contribution is 2.35. The number of H-pyrrole nitrogens is 1. The molecule has 0 saturated carbocycles. The van der Waals surface area contributed by atoms with Crippen LogP contribution in [0.4, 0.5) is 42.1 Å². The summed E-state index contributed by atoms with van der Waals surface area (Å²) in [7, 11) is 2.14. The lowest BCUT2D eigenvalue weighted by molar-refractivity contribution is -0.137. The zero-order chi connectivity index (χ0) is 30.4. The third-order valence-electron chi connectivity index (χ3n) is 7.21. The van der Waals surface area contributed by atoms with Gasteiger partial charge in [0.25, 0.3) is 5.91 Å². The number of carbonyl (C=O) groups excluding carboxylic acids is 1. The third-order valence-corrected chi connectivity index (χ3v) is 7.21. The Kier molecular flexibility index (Phi) is 9.16. The second-order valence-corrected chi connectivity index (χ2v) is 10.4. The predicted octanol–water partition coefficient (Wildman–Crippen LogP) is 4.69. The maximum atomic E-state index is 13.2. The molecule has 1 amide bonds. The Morgan fingerprint density at radius 1 is 1.02 bits per heavy atom. The molecular formula is C29H33F3N10O. The van der Waals surface area contributed by atoms with E-state index in [1.54, 1.807) is 29.2 Å². The fourth-order valence-corrected chi connectivity index (χ4v) is 4.78. The molecular weight excluding hydrogens is 561 g/mol. The van der Waals surface area contributed by atoms with E-state index in [1.165, 1.54) is 24.8 Å². The van der Waals surface area contributed by atoms with Gasteiger partial charge in [-0.05, 0) is 62.8 Å². The number of halogens is 3. The van der Waals surface area contributed by atoms with Gasteiger partial charge < -0.3 is 20.4 Å². The molecule has 4 aromatic rings. The van der Waals surface area contributed by atoms with Gasteiger partial charge in [-0.25, -0.2) is 15.1 Å². The average Bonchev–Trinajstić information content (AvgIpc) is 3.52. The number of aryl methyl sites for hydroxylation is 1. The highest BCUT2D eigenvalue weighted by molar-refractivity contribution is 6.05. The van der Waals surface area contributed by atoms with E-state index in [9.17, 15) is 18.0 Å². The topological polar surface area (TPSA) is 118 Å². The van der Waals surface area contributed by atoms with Crippen LogP contribution >= 0.6 is 0 Å². The van der Waals surface area contributed by atoms with Crippen LogP contribution in [0.25, 0.3) is 0 Å². The number of anilines is 5. The molecule has 2 aromatic carbocycles. The zero-order valence-electron chi connectivity index (χ0n) is 23.9. The van der Waals surface area contributed by atoms with Crippen molar-refractivity contribution in [1.82, 2.24) is 34.9 Å². The number of carbonyl (C=O) groups is 1. The van der Waals surface area contributed by atoms with Crippen LogP contribution in [-0.2, 0) is 6.18 Å². The van der Waals surface area contributed by atoms with Gasteiger partial charge in [-0.2, -0.15) is 23.3 Å². The number of hydrogen-bond acceptors (Lipinski definition) is 9. The highest BCUT2D eigenvalue weighted by atomic mass is 19.4. The Morgan fingerprint density at radius 3 is 2.58 bits per heavy atom. The number of nitrogens with one attached hydrogen (secondary N) is 3. The van der Waals surface area contributed by atoms with Crippen molar-refractivity contribution in [3.05, 3.63) is 77.9 Å². The Bertz CT molecular complexity index is 1520. The van der Waals surface area contributed by atoms with Gasteiger partial charge in [-0.1, -0.05) is 12.1 Å². The van der Waals surface area contributed by atoms with Crippen molar-refractivity contribution >= 4 is 34.9 Å². The standard InChI is InChI=1S/C29H33F3N10O/c1-20-7-8-21(27(43)38-23-6-3-5-22(16-23)29(30,31)32)15-24(20)42(28-36-19-37-39-28)26-17-25(34-18-35-26)33-9-4-10-41-13-11-40(2)12-14-41/h3,5-8,15-19H,4,9-14H2,1-2H3,(H,38,43)(H,33,34,35)(H,36,37,39). The number of alkyl halides is 3. The van der Waals surface area contributed by atoms with Gasteiger partial charge in [0.1, 0.15) is 24.3 Å². The molecule has 226 valence electrons. The van der Waals surface area contributed by atoms with Gasteiger partial charge >= 0.3 is 6.18 Å². The van der Waals surface area contributed by atoms with Gasteiger partial charge in [0.05, 0.1) is 11.3 Å². The molecule has 1 saturated heterocycles. The van der Waals surface area contributed by atoms with Crippen molar-refractivity contribution < 1.29 is 18.0 Å². The van der Waals surface area contributed by atoms with Gasteiger partial charge in [-0.15, -0.1) is 0 Å². The lowest BCUT2D eigenvalue weighted by Crippen LogP contribution is -2.44. The first kappa shape index (κ1) is 29.9. The molecule has 0 bridgehead atoms. The first-order valence-electron chi connectivity index (χ1n) is 13.9. The summed E-state index contributed by atoms with van der Waals surface area (Å²) in [6.45, 7) is 7.88. The summed E-state index contributed by atoms with van der Waals surface area (Å²) in [5.74, 6) is 0.901. The lowest BCUT2D eigenvalue weighted by Gasteiger charge is -2.32. The van der Waals surface area contributed by atoms with E-state index in [1.807, 2.05) is 6.92 Å². The predicted molar refractivity (Wildman–Crippen MR) is 158 cm³/mol. The number of rotatable bonds is 10. The Balaban J connectivity index is 1.34. The van der Waals surface area contributed by atoms with Crippen molar-refractivity contribution in [2.45, 2.75) is 19.5 Å². The number of nitrogens with zero attached hydrogens (tertiary/aromatic N) is 7. The molecule has 3 N–H and O–H groups in total. The number of aromatic nitrogens is 5. The summed E-state index contributed by atoms with van der Waals surface area (Å²) in [5.41, 5.74) is 0.798. The summed E-state index contributed by atoms with van der Waals surface area (Å²) in [4.78, 5) is 32.8. The van der Waals surface area contributed by atoms with Crippen LogP contribution < -0.4 is 15.5 Å². The maximum Gasteiger partial charge on any atom is 0.416 e. The summed E-state index contributed by atoms with van der Waals surface area (Å²) >= 11 is 0. The van der Waals surface area contributed by atoms with Gasteiger partial charge in [0.2, 0.25) is 5.95 Å². The van der Waals surface area contributed by atoms with E-state index in [2.05, 4.69) is 52.6 Å². The normalized spacial score (nSPS) is 14.4. The van der Waals surface area contributed by atoms with Crippen LogP contribution in [-0.4, -0.2) is 87.2 Å². The summed E-state index contributed by atoms with van der Waals surface area (Å²) < 4.78 is 39.5. The smallest absolute Gasteiger partial charge is 0.370 e. The molecule has 2 aromatic heterocycles. The third kappa shape index (κ3) is 7.64. The molecule has 11 nitrogen and oxygen atoms in total. The molecule has 1 aliphatic heterocycles. The van der Waals surface area contributed by atoms with Crippen LogP contribution in [0, 0.1) is 6.92 Å². The monoisotopic (exact) mass is 594 g/mol. The van der Waals surface area contributed by atoms with Crippen molar-refractivity contribution in [3.8, 4) is 0 Å². The molecule has 0 unspecified atom stereocenters. The van der Waals surface area contributed by atoms with Crippen molar-refractivity contribution in [1.29, 1.82) is 0 Å². The lowest BCUT2D eigenvalue weighted by atomic mass is 10.1. The summed E-state index contributed by atoms with van der Waals surface area (Å²) in [5, 5.41) is 12.8. The van der Waals surface area contributed by atoms with Crippen molar-refractivity contribution in [3.63, 3.8) is 0 Å². The SMILES string of the molecule is Cc1ccc(C(=O)Nc2cccc(C(F)(F)F)c2)cc1N(c1cc(NCCCN2CCN(C)CC2)ncn1)c1ncn[nH]1. The van der Waals surface area contributed by atoms with E-state index >= 15 is 0 Å². The van der Waals surface area contributed by atoms with Gasteiger partial charge in [-0.3, -0.25) is 9.69 Å². The van der Waals surface area contributed by atoms with E-state index < -0.39 is 17.6 Å². The quantitative estimate of drug-likeness (QED) is 0.225. The van der Waals surface area contributed by atoms with E-state index in [4.69, 9.17) is 0 Å². The number of amides is 1. The maximum absolute atomic E-state index is 13.2. The summed E-state index contributed by atoms with van der Waals surface area (Å²) in [6.07, 6.45) is -0.760. The van der Waals surface area contributed by atoms with Crippen molar-refractivity contribution in [2.24, 2.45) is 0 Å². The summed E-state index contributed by atoms with van der Waals surface area (Å²) in [6, 6.07) is 11.3. The fraction of sp³-hybridized carbons (Fsp3) is 0.345. The van der Waals surface area contributed by atoms with Gasteiger partial charge in [0, 0.05) is 50.0 Å². The Morgan fingerprint density at radius 2 is 1.84 bits per heavy atom. The minimum absolute atomic E-state index is 0.0354. The molecule has 0 atom stereocenters. The van der Waals surface area contributed by atoms with Crippen LogP contribution in [0.15, 0.2) is 61.2 Å². The highest BCUT2D eigenvalue weighted by Gasteiger charge is 2.30. The molecule has 0 spiro atoms. The number of aromatic amines is 1. The number of likely N-dealkylation sites (N-methyl/N-ethyl adjacent to an activating group) is 1. The number of piperazine rings is 1. The van der Waals surface area contributed by atoms with E-state index in [0.29, 0.717) is 23.3 Å². The minimum atomic E-state index is -4.52. The molecule has 43 heavy (non-hydrogen) atoms. The van der Waals surface area contributed by atoms with Crippen LogP contribution in [0.3, 0.4) is 0 Å². The van der Waals surface area contributed by atoms with Crippen LogP contribution in [0.5, 0.6) is 0 Å². The molecule has 0 aliphatic carbocycles. The number of benzene rings is 2. The minimum Gasteiger partial charge on any atom is -0.370 e. The van der Waals surface area contributed by atoms with E-state index in [0.717, 1.165) is 63.4 Å². The zero-order valence-corrected chi connectivity index (χ0v) is 23.9. The van der Waals surface area contributed by atoms with Crippen LogP contribution in [0.2, 0.25) is 0 Å². The molecule has 1 aliphatic rings. The Hall–Kier alpha value is -4.56. The molecule has 1 fully saturated rings. The van der Waals surface area contributed by atoms with Crippen molar-refractivity contribution in [2.75, 3.05) is 61.8 Å². The molecule has 14 heteroatoms. The molecule has 3 heterocycles. The van der Waals surface area contributed by atoms with Gasteiger partial charge in [0.15, 0.2) is 0 Å². The second kappa shape index (κ2) is 13.2. The fourth-order valence-electron chi connectivity index (χ4n) is 4.78. The first-order valence-corrected chi connectivity index (χ1v) is 13.9. The van der Waals surface area contributed by atoms with E-state index in [-0.39, 0.29) is 11.3 Å². The Labute approximate surface area is 247 Å². The molecule has 0 radical (unpaired) electrons. The second-order valence-electron chi connectivity index (χ2n) is 10.4. The number of hydrogen-bond donors (Lipinski definition) is 3. The largest absolute Gasteiger partial charge is 0.416 e. The molecule has 5 rings (SSSR count).